The number of ether oxygens (including phenoxy) is 1. The number of hydrogen-bond acceptors (Lipinski definition) is 5. The van der Waals surface area contributed by atoms with Gasteiger partial charge in [-0.25, -0.2) is 4.98 Å². The molecular formula is C18H15F3N4O2. The average molecular weight is 376 g/mol. The average Bonchev–Trinajstić information content (AvgIpc) is 2.65. The molecule has 0 aliphatic heterocycles. The van der Waals surface area contributed by atoms with Crippen molar-refractivity contribution in [2.24, 2.45) is 0 Å². The van der Waals surface area contributed by atoms with Crippen LogP contribution in [0.4, 0.5) is 13.2 Å². The molecule has 3 rings (SSSR count). The van der Waals surface area contributed by atoms with E-state index in [0.29, 0.717) is 16.7 Å². The summed E-state index contributed by atoms with van der Waals surface area (Å²) in [6.45, 7) is 0.311. The third-order valence-electron chi connectivity index (χ3n) is 3.63. The van der Waals surface area contributed by atoms with E-state index in [0.717, 1.165) is 0 Å². The molecule has 2 aromatic heterocycles. The Morgan fingerprint density at radius 3 is 2.52 bits per heavy atom. The molecular weight excluding hydrogens is 361 g/mol. The first kappa shape index (κ1) is 18.6. The molecule has 1 amide bonds. The lowest BCUT2D eigenvalue weighted by Gasteiger charge is -2.14. The number of rotatable bonds is 5. The second-order valence-corrected chi connectivity index (χ2v) is 5.76. The number of alkyl halides is 3. The second-order valence-electron chi connectivity index (χ2n) is 5.76. The van der Waals surface area contributed by atoms with E-state index in [1.807, 2.05) is 6.07 Å². The highest BCUT2D eigenvalue weighted by atomic mass is 19.4. The van der Waals surface area contributed by atoms with Crippen molar-refractivity contribution >= 4 is 16.9 Å². The van der Waals surface area contributed by atoms with E-state index in [9.17, 15) is 18.0 Å². The number of fused-ring (bicyclic) bond motifs is 1. The van der Waals surface area contributed by atoms with Crippen LogP contribution in [0.3, 0.4) is 0 Å². The fourth-order valence-corrected chi connectivity index (χ4v) is 2.31. The monoisotopic (exact) mass is 376 g/mol. The number of amides is 1. The molecule has 1 N–H and O–H groups in total. The molecule has 1 aromatic carbocycles. The normalized spacial score (nSPS) is 12.6. The van der Waals surface area contributed by atoms with Gasteiger partial charge in [-0.15, -0.1) is 0 Å². The number of carbonyl (C=O) groups is 1. The fraction of sp³-hybridized carbons (Fsp3) is 0.222. The highest BCUT2D eigenvalue weighted by molar-refractivity contribution is 5.93. The Morgan fingerprint density at radius 2 is 1.85 bits per heavy atom. The Kier molecular flexibility index (Phi) is 5.20. The summed E-state index contributed by atoms with van der Waals surface area (Å²) in [6, 6.07) is 9.54. The summed E-state index contributed by atoms with van der Waals surface area (Å²) in [6.07, 6.45) is -1.85. The van der Waals surface area contributed by atoms with Gasteiger partial charge in [0.05, 0.1) is 35.2 Å². The summed E-state index contributed by atoms with van der Waals surface area (Å²) in [5, 5.41) is 2.73. The summed E-state index contributed by atoms with van der Waals surface area (Å²) in [5.41, 5.74) is 1.91. The van der Waals surface area contributed by atoms with E-state index in [2.05, 4.69) is 25.0 Å². The maximum atomic E-state index is 12.4. The molecule has 0 aliphatic carbocycles. The van der Waals surface area contributed by atoms with Crippen LogP contribution in [0, 0.1) is 0 Å². The quantitative estimate of drug-likeness (QED) is 0.738. The number of nitrogens with one attached hydrogen (secondary N) is 1. The zero-order valence-corrected chi connectivity index (χ0v) is 14.2. The number of carbonyl (C=O) groups excluding carboxylic acids is 1. The molecule has 6 nitrogen and oxygen atoms in total. The second kappa shape index (κ2) is 7.56. The Bertz CT molecular complexity index is 945. The van der Waals surface area contributed by atoms with Crippen LogP contribution in [-0.2, 0) is 0 Å². The first-order valence-corrected chi connectivity index (χ1v) is 8.00. The number of hydrogen-bond donors (Lipinski definition) is 1. The van der Waals surface area contributed by atoms with Gasteiger partial charge in [0.25, 0.3) is 5.91 Å². The van der Waals surface area contributed by atoms with E-state index >= 15 is 0 Å². The highest BCUT2D eigenvalue weighted by Gasteiger charge is 2.28. The number of nitrogens with zero attached hydrogens (tertiary/aromatic N) is 3. The zero-order valence-electron chi connectivity index (χ0n) is 14.2. The number of benzene rings is 1. The van der Waals surface area contributed by atoms with Crippen LogP contribution in [0.25, 0.3) is 11.0 Å². The predicted molar refractivity (Wildman–Crippen MR) is 91.2 cm³/mol. The molecule has 0 bridgehead atoms. The van der Waals surface area contributed by atoms with Crippen molar-refractivity contribution in [1.82, 2.24) is 20.3 Å². The molecule has 0 saturated carbocycles. The van der Waals surface area contributed by atoms with Gasteiger partial charge in [-0.05, 0) is 31.2 Å². The van der Waals surface area contributed by atoms with Crippen LogP contribution in [-0.4, -0.2) is 33.6 Å². The van der Waals surface area contributed by atoms with Crippen molar-refractivity contribution < 1.29 is 22.7 Å². The van der Waals surface area contributed by atoms with E-state index in [4.69, 9.17) is 0 Å². The number of pyridine rings is 1. The Morgan fingerprint density at radius 1 is 1.11 bits per heavy atom. The molecule has 0 radical (unpaired) electrons. The van der Waals surface area contributed by atoms with Crippen LogP contribution in [0.15, 0.2) is 48.8 Å². The predicted octanol–water partition coefficient (Wildman–Crippen LogP) is 3.46. The van der Waals surface area contributed by atoms with Crippen molar-refractivity contribution in [3.8, 4) is 5.75 Å². The smallest absolute Gasteiger partial charge is 0.422 e. The van der Waals surface area contributed by atoms with Crippen LogP contribution in [0.2, 0.25) is 0 Å². The van der Waals surface area contributed by atoms with Gasteiger partial charge < -0.3 is 10.1 Å². The van der Waals surface area contributed by atoms with E-state index in [-0.39, 0.29) is 11.4 Å². The molecule has 3 aromatic rings. The standard InChI is InChI=1S/C18H15F3N4O2/c1-11(13-7-6-12(8-22-13)27-10-18(19,20)21)24-17(26)16-9-23-14-4-2-3-5-15(14)25-16/h2-9,11H,10H2,1H3,(H,24,26)/t11-/m1/s1. The van der Waals surface area contributed by atoms with Crippen molar-refractivity contribution in [3.05, 3.63) is 60.2 Å². The first-order valence-electron chi connectivity index (χ1n) is 8.00. The topological polar surface area (TPSA) is 77.0 Å². The van der Waals surface area contributed by atoms with Crippen molar-refractivity contribution in [3.63, 3.8) is 0 Å². The molecule has 0 spiro atoms. The lowest BCUT2D eigenvalue weighted by Crippen LogP contribution is -2.28. The molecule has 9 heteroatoms. The molecule has 0 fully saturated rings. The van der Waals surface area contributed by atoms with Gasteiger partial charge in [0.2, 0.25) is 0 Å². The first-order chi connectivity index (χ1) is 12.8. The van der Waals surface area contributed by atoms with Gasteiger partial charge in [0, 0.05) is 0 Å². The maximum Gasteiger partial charge on any atom is 0.422 e. The summed E-state index contributed by atoms with van der Waals surface area (Å²) in [5.74, 6) is -0.435. The Hall–Kier alpha value is -3.23. The van der Waals surface area contributed by atoms with Gasteiger partial charge in [0.1, 0.15) is 11.4 Å². The SMILES string of the molecule is C[C@@H](NC(=O)c1cnc2ccccc2n1)c1ccc(OCC(F)(F)F)cn1. The van der Waals surface area contributed by atoms with Crippen LogP contribution in [0.1, 0.15) is 29.1 Å². The zero-order chi connectivity index (χ0) is 19.4. The fourth-order valence-electron chi connectivity index (χ4n) is 2.31. The largest absolute Gasteiger partial charge is 0.483 e. The molecule has 0 saturated heterocycles. The number of halogens is 3. The molecule has 0 aliphatic rings. The summed E-state index contributed by atoms with van der Waals surface area (Å²) in [7, 11) is 0. The summed E-state index contributed by atoms with van der Waals surface area (Å²) < 4.78 is 41.0. The Labute approximate surface area is 152 Å². The van der Waals surface area contributed by atoms with Crippen LogP contribution < -0.4 is 10.1 Å². The minimum atomic E-state index is -4.42. The Balaban J connectivity index is 1.65. The third kappa shape index (κ3) is 4.90. The minimum Gasteiger partial charge on any atom is -0.483 e. The van der Waals surface area contributed by atoms with Crippen LogP contribution in [0.5, 0.6) is 5.75 Å². The van der Waals surface area contributed by atoms with Gasteiger partial charge in [-0.1, -0.05) is 12.1 Å². The van der Waals surface area contributed by atoms with E-state index in [1.165, 1.54) is 24.5 Å². The third-order valence-corrected chi connectivity index (χ3v) is 3.63. The highest BCUT2D eigenvalue weighted by Crippen LogP contribution is 2.19. The van der Waals surface area contributed by atoms with E-state index < -0.39 is 24.7 Å². The molecule has 140 valence electrons. The van der Waals surface area contributed by atoms with Crippen molar-refractivity contribution in [1.29, 1.82) is 0 Å². The van der Waals surface area contributed by atoms with Crippen LogP contribution >= 0.6 is 0 Å². The lowest BCUT2D eigenvalue weighted by atomic mass is 10.2. The van der Waals surface area contributed by atoms with Gasteiger partial charge in [-0.3, -0.25) is 14.8 Å². The molecule has 1 atom stereocenters. The van der Waals surface area contributed by atoms with E-state index in [1.54, 1.807) is 25.1 Å². The summed E-state index contributed by atoms with van der Waals surface area (Å²) in [4.78, 5) is 24.8. The van der Waals surface area contributed by atoms with Gasteiger partial charge >= 0.3 is 6.18 Å². The molecule has 0 unspecified atom stereocenters. The lowest BCUT2D eigenvalue weighted by molar-refractivity contribution is -0.153. The summed E-state index contributed by atoms with van der Waals surface area (Å²) >= 11 is 0. The number of aromatic nitrogens is 3. The molecule has 2 heterocycles. The maximum absolute atomic E-state index is 12.4. The minimum absolute atomic E-state index is 0.00463. The van der Waals surface area contributed by atoms with Crippen molar-refractivity contribution in [2.75, 3.05) is 6.61 Å². The van der Waals surface area contributed by atoms with Gasteiger partial charge in [0.15, 0.2) is 6.61 Å². The molecule has 27 heavy (non-hydrogen) atoms. The van der Waals surface area contributed by atoms with Crippen molar-refractivity contribution in [2.45, 2.75) is 19.1 Å². The number of para-hydroxylation sites is 2. The van der Waals surface area contributed by atoms with Gasteiger partial charge in [-0.2, -0.15) is 13.2 Å².